The molecule has 0 N–H and O–H groups in total. The number of hydrogen-bond donors (Lipinski definition) is 0. The Morgan fingerprint density at radius 2 is 0.938 bits per heavy atom. The highest BCUT2D eigenvalue weighted by Gasteiger charge is 2.43. The van der Waals surface area contributed by atoms with Gasteiger partial charge in [0.25, 0.3) is 0 Å². The van der Waals surface area contributed by atoms with Crippen LogP contribution in [-0.2, 0) is 12.4 Å². The fraction of sp³-hybridized carbons (Fsp3) is 0.250. The highest BCUT2D eigenvalue weighted by Crippen LogP contribution is 2.41. The number of rotatable bonds is 0. The van der Waals surface area contributed by atoms with E-state index in [2.05, 4.69) is 0 Å². The summed E-state index contributed by atoms with van der Waals surface area (Å²) in [5, 5.41) is 0. The van der Waals surface area contributed by atoms with Crippen LogP contribution in [0.15, 0.2) is 12.1 Å². The van der Waals surface area contributed by atoms with Gasteiger partial charge >= 0.3 is 12.4 Å². The molecule has 8 heteroatoms. The Bertz CT molecular complexity index is 367. The van der Waals surface area contributed by atoms with Gasteiger partial charge in [-0.25, -0.2) is 0 Å². The van der Waals surface area contributed by atoms with Crippen molar-refractivity contribution in [3.63, 3.8) is 0 Å². The van der Waals surface area contributed by atoms with Crippen LogP contribution >= 0.6 is 45.2 Å². The third-order valence-corrected chi connectivity index (χ3v) is 4.49. The summed E-state index contributed by atoms with van der Waals surface area (Å²) in [4.78, 5) is 0. The molecule has 0 aliphatic carbocycles. The van der Waals surface area contributed by atoms with Gasteiger partial charge in [0.05, 0.1) is 11.1 Å². The van der Waals surface area contributed by atoms with E-state index in [0.717, 1.165) is 0 Å². The molecule has 0 aromatic heterocycles. The molecular formula is C8H2F6I2. The van der Waals surface area contributed by atoms with Gasteiger partial charge in [-0.15, -0.1) is 0 Å². The number of halogens is 8. The molecule has 0 aliphatic rings. The largest absolute Gasteiger partial charge is 0.417 e. The molecule has 0 nitrogen and oxygen atoms in total. The molecule has 0 heterocycles. The Hall–Kier alpha value is 0.260. The lowest BCUT2D eigenvalue weighted by molar-refractivity contribution is -0.162. The maximum absolute atomic E-state index is 12.4. The molecule has 0 amide bonds. The first-order valence-electron chi connectivity index (χ1n) is 3.67. The summed E-state index contributed by atoms with van der Waals surface area (Å²) in [5.41, 5.74) is -3.30. The summed E-state index contributed by atoms with van der Waals surface area (Å²) in [6, 6.07) is 1.01. The zero-order valence-electron chi connectivity index (χ0n) is 7.18. The molecule has 0 fully saturated rings. The van der Waals surface area contributed by atoms with Gasteiger partial charge in [-0.3, -0.25) is 0 Å². The first-order chi connectivity index (χ1) is 7.03. The predicted octanol–water partition coefficient (Wildman–Crippen LogP) is 4.93. The third kappa shape index (κ3) is 3.14. The van der Waals surface area contributed by atoms with Gasteiger partial charge in [0.1, 0.15) is 0 Å². The van der Waals surface area contributed by atoms with Crippen molar-refractivity contribution in [2.24, 2.45) is 0 Å². The molecule has 0 radical (unpaired) electrons. The molecule has 0 saturated carbocycles. The minimum Gasteiger partial charge on any atom is -0.166 e. The standard InChI is InChI=1S/C8H2F6I2/c9-7(10,11)3-1-5(15)6(16)2-4(3)8(12,13)14/h1-2H. The highest BCUT2D eigenvalue weighted by atomic mass is 127. The van der Waals surface area contributed by atoms with Crippen molar-refractivity contribution in [1.82, 2.24) is 0 Å². The highest BCUT2D eigenvalue weighted by molar-refractivity contribution is 14.1. The van der Waals surface area contributed by atoms with E-state index in [1.54, 1.807) is 45.2 Å². The predicted molar refractivity (Wildman–Crippen MR) is 61.9 cm³/mol. The normalized spacial score (nSPS) is 13.0. The Morgan fingerprint density at radius 1 is 0.688 bits per heavy atom. The molecule has 0 spiro atoms. The average molecular weight is 466 g/mol. The lowest BCUT2D eigenvalue weighted by Gasteiger charge is -2.16. The minimum absolute atomic E-state index is 0.138. The van der Waals surface area contributed by atoms with E-state index >= 15 is 0 Å². The van der Waals surface area contributed by atoms with Gasteiger partial charge in [0.15, 0.2) is 0 Å². The zero-order valence-corrected chi connectivity index (χ0v) is 11.5. The monoisotopic (exact) mass is 466 g/mol. The molecule has 0 aliphatic heterocycles. The molecule has 1 aromatic rings. The van der Waals surface area contributed by atoms with Crippen molar-refractivity contribution in [2.75, 3.05) is 0 Å². The molecule has 1 rings (SSSR count). The van der Waals surface area contributed by atoms with Crippen LogP contribution in [0.2, 0.25) is 0 Å². The first-order valence-corrected chi connectivity index (χ1v) is 5.82. The number of hydrogen-bond acceptors (Lipinski definition) is 0. The second-order valence-electron chi connectivity index (χ2n) is 2.81. The quantitative estimate of drug-likeness (QED) is 0.376. The number of benzene rings is 1. The van der Waals surface area contributed by atoms with E-state index < -0.39 is 23.5 Å². The topological polar surface area (TPSA) is 0 Å². The summed E-state index contributed by atoms with van der Waals surface area (Å²) in [5.74, 6) is 0. The molecule has 1 aromatic carbocycles. The van der Waals surface area contributed by atoms with Crippen LogP contribution in [0, 0.1) is 7.14 Å². The smallest absolute Gasteiger partial charge is 0.166 e. The van der Waals surface area contributed by atoms with E-state index in [-0.39, 0.29) is 7.14 Å². The Kier molecular flexibility index (Phi) is 4.03. The molecule has 90 valence electrons. The van der Waals surface area contributed by atoms with E-state index in [1.807, 2.05) is 0 Å². The van der Waals surface area contributed by atoms with Gasteiger partial charge in [0, 0.05) is 7.14 Å². The average Bonchev–Trinajstić information content (AvgIpc) is 2.05. The molecular weight excluding hydrogens is 464 g/mol. The van der Waals surface area contributed by atoms with Crippen LogP contribution < -0.4 is 0 Å². The summed E-state index contributed by atoms with van der Waals surface area (Å²) in [6.07, 6.45) is -10.0. The van der Waals surface area contributed by atoms with Crippen molar-refractivity contribution >= 4 is 45.2 Å². The zero-order chi connectivity index (χ0) is 12.7. The van der Waals surface area contributed by atoms with Crippen molar-refractivity contribution in [3.05, 3.63) is 30.4 Å². The maximum Gasteiger partial charge on any atom is 0.417 e. The van der Waals surface area contributed by atoms with E-state index in [1.165, 1.54) is 0 Å². The summed E-state index contributed by atoms with van der Waals surface area (Å²) in [7, 11) is 0. The van der Waals surface area contributed by atoms with Crippen LogP contribution in [0.4, 0.5) is 26.3 Å². The van der Waals surface area contributed by atoms with Crippen LogP contribution in [0.3, 0.4) is 0 Å². The molecule has 16 heavy (non-hydrogen) atoms. The summed E-state index contributed by atoms with van der Waals surface area (Å²) in [6.45, 7) is 0. The van der Waals surface area contributed by atoms with Crippen LogP contribution in [-0.4, -0.2) is 0 Å². The lowest BCUT2D eigenvalue weighted by Crippen LogP contribution is -2.17. The van der Waals surface area contributed by atoms with E-state index in [0.29, 0.717) is 12.1 Å². The van der Waals surface area contributed by atoms with Crippen molar-refractivity contribution in [2.45, 2.75) is 12.4 Å². The van der Waals surface area contributed by atoms with Gasteiger partial charge in [-0.1, -0.05) is 0 Å². The van der Waals surface area contributed by atoms with E-state index in [4.69, 9.17) is 0 Å². The molecule has 0 bridgehead atoms. The third-order valence-electron chi connectivity index (χ3n) is 1.67. The van der Waals surface area contributed by atoms with Crippen molar-refractivity contribution < 1.29 is 26.3 Å². The van der Waals surface area contributed by atoms with Gasteiger partial charge in [0.2, 0.25) is 0 Å². The molecule has 0 unspecified atom stereocenters. The van der Waals surface area contributed by atoms with Crippen LogP contribution in [0.5, 0.6) is 0 Å². The Morgan fingerprint density at radius 3 is 1.12 bits per heavy atom. The van der Waals surface area contributed by atoms with Gasteiger partial charge in [-0.05, 0) is 57.3 Å². The second kappa shape index (κ2) is 4.50. The Labute approximate surface area is 114 Å². The maximum atomic E-state index is 12.4. The lowest BCUT2D eigenvalue weighted by atomic mass is 10.1. The first kappa shape index (κ1) is 14.3. The summed E-state index contributed by atoms with van der Waals surface area (Å²) < 4.78 is 74.6. The van der Waals surface area contributed by atoms with Gasteiger partial charge in [-0.2, -0.15) is 26.3 Å². The molecule has 0 saturated heterocycles. The van der Waals surface area contributed by atoms with E-state index in [9.17, 15) is 26.3 Å². The summed E-state index contributed by atoms with van der Waals surface area (Å²) >= 11 is 3.12. The fourth-order valence-electron chi connectivity index (χ4n) is 1.02. The SMILES string of the molecule is FC(F)(F)c1cc(I)c(I)cc1C(F)(F)F. The fourth-order valence-corrected chi connectivity index (χ4v) is 1.95. The van der Waals surface area contributed by atoms with Crippen molar-refractivity contribution in [1.29, 1.82) is 0 Å². The number of alkyl halides is 6. The van der Waals surface area contributed by atoms with Crippen LogP contribution in [0.25, 0.3) is 0 Å². The van der Waals surface area contributed by atoms with Gasteiger partial charge < -0.3 is 0 Å². The molecule has 0 atom stereocenters. The second-order valence-corrected chi connectivity index (χ2v) is 5.13. The Balaban J connectivity index is 3.53. The van der Waals surface area contributed by atoms with Crippen molar-refractivity contribution in [3.8, 4) is 0 Å². The minimum atomic E-state index is -5.00. The van der Waals surface area contributed by atoms with Crippen LogP contribution in [0.1, 0.15) is 11.1 Å².